The summed E-state index contributed by atoms with van der Waals surface area (Å²) < 4.78 is 44.5. The molecule has 0 saturated heterocycles. The Hall–Kier alpha value is -1.85. The number of aryl methyl sites for hydroxylation is 1. The Balaban J connectivity index is 1.88. The molecule has 2 rings (SSSR count). The molecule has 0 unspecified atom stereocenters. The van der Waals surface area contributed by atoms with Crippen molar-refractivity contribution in [1.82, 2.24) is 0 Å². The van der Waals surface area contributed by atoms with Crippen LogP contribution in [0.5, 0.6) is 0 Å². The normalized spacial score (nSPS) is 14.4. The first-order chi connectivity index (χ1) is 11.4. The molecule has 0 spiro atoms. The number of alkyl halides is 3. The Labute approximate surface area is 139 Å². The van der Waals surface area contributed by atoms with Crippen molar-refractivity contribution in [3.8, 4) is 0 Å². The maximum Gasteiger partial charge on any atom is 0.416 e. The van der Waals surface area contributed by atoms with Crippen LogP contribution in [-0.2, 0) is 23.9 Å². The molecule has 24 heavy (non-hydrogen) atoms. The van der Waals surface area contributed by atoms with Gasteiger partial charge >= 0.3 is 6.18 Å². The second-order valence-electron chi connectivity index (χ2n) is 5.76. The summed E-state index contributed by atoms with van der Waals surface area (Å²) in [6, 6.07) is 15.0. The molecule has 1 N–H and O–H groups in total. The lowest BCUT2D eigenvalue weighted by molar-refractivity contribution is -0.138. The Kier molecular flexibility index (Phi) is 6.40. The number of ether oxygens (including phenoxy) is 1. The third-order valence-corrected chi connectivity index (χ3v) is 3.93. The highest BCUT2D eigenvalue weighted by Gasteiger charge is 2.32. The van der Waals surface area contributed by atoms with Crippen LogP contribution in [0.3, 0.4) is 0 Å². The molecule has 0 aliphatic heterocycles. The Morgan fingerprint density at radius 2 is 1.62 bits per heavy atom. The van der Waals surface area contributed by atoms with Gasteiger partial charge in [0.05, 0.1) is 24.4 Å². The van der Waals surface area contributed by atoms with Crippen molar-refractivity contribution in [2.45, 2.75) is 44.8 Å². The smallest absolute Gasteiger partial charge is 0.390 e. The van der Waals surface area contributed by atoms with Gasteiger partial charge in [-0.3, -0.25) is 0 Å². The van der Waals surface area contributed by atoms with Crippen LogP contribution in [-0.4, -0.2) is 17.3 Å². The molecule has 2 nitrogen and oxygen atoms in total. The van der Waals surface area contributed by atoms with Gasteiger partial charge in [0, 0.05) is 0 Å². The van der Waals surface area contributed by atoms with Crippen LogP contribution >= 0.6 is 0 Å². The lowest BCUT2D eigenvalue weighted by Crippen LogP contribution is -2.26. The van der Waals surface area contributed by atoms with E-state index in [1.54, 1.807) is 13.0 Å². The van der Waals surface area contributed by atoms with E-state index in [9.17, 15) is 18.3 Å². The minimum Gasteiger partial charge on any atom is -0.390 e. The minimum atomic E-state index is -4.38. The number of hydrogen-bond acceptors (Lipinski definition) is 2. The zero-order valence-electron chi connectivity index (χ0n) is 13.5. The standard InChI is InChI=1S/C19H21F3O2/c1-14(24-13-15-7-3-2-4-8-15)18(23)12-11-16-9-5-6-10-17(16)19(20,21)22/h2-10,14,18,23H,11-13H2,1H3/t14-,18-/m0/s1. The van der Waals surface area contributed by atoms with E-state index in [-0.39, 0.29) is 18.4 Å². The number of benzene rings is 2. The molecule has 2 aromatic carbocycles. The zero-order chi connectivity index (χ0) is 17.6. The van der Waals surface area contributed by atoms with E-state index in [0.29, 0.717) is 6.61 Å². The highest BCUT2D eigenvalue weighted by Crippen LogP contribution is 2.32. The number of rotatable bonds is 7. The van der Waals surface area contributed by atoms with E-state index in [2.05, 4.69) is 0 Å². The van der Waals surface area contributed by atoms with Gasteiger partial charge in [0.2, 0.25) is 0 Å². The number of aliphatic hydroxyl groups is 1. The molecule has 2 aromatic rings. The van der Waals surface area contributed by atoms with Crippen molar-refractivity contribution in [3.05, 3.63) is 71.3 Å². The summed E-state index contributed by atoms with van der Waals surface area (Å²) in [6.45, 7) is 2.08. The first-order valence-electron chi connectivity index (χ1n) is 7.86. The summed E-state index contributed by atoms with van der Waals surface area (Å²) in [6.07, 6.45) is -5.30. The highest BCUT2D eigenvalue weighted by molar-refractivity contribution is 5.29. The molecule has 0 heterocycles. The number of aliphatic hydroxyl groups excluding tert-OH is 1. The van der Waals surface area contributed by atoms with E-state index < -0.39 is 23.9 Å². The minimum absolute atomic E-state index is 0.149. The van der Waals surface area contributed by atoms with Crippen molar-refractivity contribution < 1.29 is 23.0 Å². The van der Waals surface area contributed by atoms with Crippen LogP contribution < -0.4 is 0 Å². The SMILES string of the molecule is C[C@H](OCc1ccccc1)[C@@H](O)CCc1ccccc1C(F)(F)F. The lowest BCUT2D eigenvalue weighted by atomic mass is 9.99. The molecule has 2 atom stereocenters. The first kappa shape index (κ1) is 18.5. The van der Waals surface area contributed by atoms with Crippen molar-refractivity contribution >= 4 is 0 Å². The quantitative estimate of drug-likeness (QED) is 0.799. The van der Waals surface area contributed by atoms with E-state index >= 15 is 0 Å². The predicted molar refractivity (Wildman–Crippen MR) is 86.5 cm³/mol. The molecule has 0 bridgehead atoms. The molecule has 5 heteroatoms. The van der Waals surface area contributed by atoms with Crippen molar-refractivity contribution in [2.75, 3.05) is 0 Å². The Morgan fingerprint density at radius 1 is 1.00 bits per heavy atom. The van der Waals surface area contributed by atoms with Crippen molar-refractivity contribution in [3.63, 3.8) is 0 Å². The number of hydrogen-bond donors (Lipinski definition) is 1. The van der Waals surface area contributed by atoms with Gasteiger partial charge in [-0.05, 0) is 37.0 Å². The largest absolute Gasteiger partial charge is 0.416 e. The fourth-order valence-corrected chi connectivity index (χ4v) is 2.47. The van der Waals surface area contributed by atoms with Gasteiger partial charge in [-0.1, -0.05) is 48.5 Å². The Morgan fingerprint density at radius 3 is 2.29 bits per heavy atom. The topological polar surface area (TPSA) is 29.5 Å². The third-order valence-electron chi connectivity index (χ3n) is 3.93. The molecular weight excluding hydrogens is 317 g/mol. The molecule has 0 aliphatic rings. The third kappa shape index (κ3) is 5.35. The van der Waals surface area contributed by atoms with Crippen molar-refractivity contribution in [2.24, 2.45) is 0 Å². The summed E-state index contributed by atoms with van der Waals surface area (Å²) >= 11 is 0. The molecule has 0 radical (unpaired) electrons. The highest BCUT2D eigenvalue weighted by atomic mass is 19.4. The summed E-state index contributed by atoms with van der Waals surface area (Å²) in [7, 11) is 0. The number of halogens is 3. The second kappa shape index (κ2) is 8.31. The molecule has 0 aliphatic carbocycles. The van der Waals surface area contributed by atoms with E-state index in [1.807, 2.05) is 30.3 Å². The molecule has 0 amide bonds. The Bertz CT molecular complexity index is 626. The lowest BCUT2D eigenvalue weighted by Gasteiger charge is -2.20. The summed E-state index contributed by atoms with van der Waals surface area (Å²) in [5.74, 6) is 0. The van der Waals surface area contributed by atoms with Crippen LogP contribution in [0.15, 0.2) is 54.6 Å². The second-order valence-corrected chi connectivity index (χ2v) is 5.76. The van der Waals surface area contributed by atoms with E-state index in [1.165, 1.54) is 12.1 Å². The summed E-state index contributed by atoms with van der Waals surface area (Å²) in [5.41, 5.74) is 0.535. The maximum absolute atomic E-state index is 13.0. The van der Waals surface area contributed by atoms with Crippen LogP contribution in [0, 0.1) is 0 Å². The molecule has 0 fully saturated rings. The average Bonchev–Trinajstić information content (AvgIpc) is 2.58. The predicted octanol–water partition coefficient (Wildman–Crippen LogP) is 4.60. The summed E-state index contributed by atoms with van der Waals surface area (Å²) in [5, 5.41) is 10.1. The first-order valence-corrected chi connectivity index (χ1v) is 7.86. The molecule has 0 saturated carbocycles. The van der Waals surface area contributed by atoms with Crippen LogP contribution in [0.2, 0.25) is 0 Å². The molecule has 0 aromatic heterocycles. The van der Waals surface area contributed by atoms with Gasteiger partial charge in [0.15, 0.2) is 0 Å². The van der Waals surface area contributed by atoms with Gasteiger partial charge in [-0.25, -0.2) is 0 Å². The van der Waals surface area contributed by atoms with Gasteiger partial charge in [-0.2, -0.15) is 13.2 Å². The van der Waals surface area contributed by atoms with E-state index in [0.717, 1.165) is 11.6 Å². The van der Waals surface area contributed by atoms with Crippen LogP contribution in [0.4, 0.5) is 13.2 Å². The monoisotopic (exact) mass is 338 g/mol. The van der Waals surface area contributed by atoms with Gasteiger partial charge in [0.25, 0.3) is 0 Å². The van der Waals surface area contributed by atoms with E-state index in [4.69, 9.17) is 4.74 Å². The van der Waals surface area contributed by atoms with Crippen LogP contribution in [0.25, 0.3) is 0 Å². The molecular formula is C19H21F3O2. The maximum atomic E-state index is 13.0. The van der Waals surface area contributed by atoms with Gasteiger partial charge in [0.1, 0.15) is 0 Å². The van der Waals surface area contributed by atoms with Gasteiger partial charge < -0.3 is 9.84 Å². The molecule has 130 valence electrons. The van der Waals surface area contributed by atoms with Crippen molar-refractivity contribution in [1.29, 1.82) is 0 Å². The summed E-state index contributed by atoms with van der Waals surface area (Å²) in [4.78, 5) is 0. The van der Waals surface area contributed by atoms with Gasteiger partial charge in [-0.15, -0.1) is 0 Å². The fourth-order valence-electron chi connectivity index (χ4n) is 2.47. The average molecular weight is 338 g/mol. The fraction of sp³-hybridized carbons (Fsp3) is 0.368. The van der Waals surface area contributed by atoms with Crippen LogP contribution in [0.1, 0.15) is 30.0 Å². The zero-order valence-corrected chi connectivity index (χ0v) is 13.5.